The lowest BCUT2D eigenvalue weighted by molar-refractivity contribution is -0.141. The van der Waals surface area contributed by atoms with Gasteiger partial charge in [0.05, 0.1) is 17.9 Å². The molecule has 1 aromatic carbocycles. The first kappa shape index (κ1) is 15.3. The highest BCUT2D eigenvalue weighted by Crippen LogP contribution is 2.24. The number of carboxylic acids is 1. The normalized spacial score (nSPS) is 9.65. The van der Waals surface area contributed by atoms with Crippen LogP contribution in [-0.2, 0) is 9.53 Å². The molecule has 1 rings (SSSR count). The molecule has 0 aliphatic carbocycles. The standard InChI is InChI=1S/C12H14N2O6/c1-2-20-10(16)6-13-12(19)14-8-4-3-7(11(17)18)5-9(8)15/h3-5,15H,2,6H2,1H3,(H,17,18)(H2,13,14,19). The summed E-state index contributed by atoms with van der Waals surface area (Å²) in [5.74, 6) is -2.18. The van der Waals surface area contributed by atoms with E-state index in [-0.39, 0.29) is 24.4 Å². The van der Waals surface area contributed by atoms with Crippen LogP contribution in [0.3, 0.4) is 0 Å². The van der Waals surface area contributed by atoms with Crippen molar-refractivity contribution in [3.05, 3.63) is 23.8 Å². The van der Waals surface area contributed by atoms with E-state index in [0.717, 1.165) is 6.07 Å². The van der Waals surface area contributed by atoms with Crippen LogP contribution >= 0.6 is 0 Å². The Bertz CT molecular complexity index is 529. The number of phenols is 1. The van der Waals surface area contributed by atoms with Gasteiger partial charge in [0.15, 0.2) is 0 Å². The third-order valence-corrected chi connectivity index (χ3v) is 2.19. The van der Waals surface area contributed by atoms with Crippen LogP contribution in [0.25, 0.3) is 0 Å². The maximum Gasteiger partial charge on any atom is 0.335 e. The summed E-state index contributed by atoms with van der Waals surface area (Å²) in [5, 5.41) is 22.8. The van der Waals surface area contributed by atoms with Crippen molar-refractivity contribution in [1.82, 2.24) is 5.32 Å². The number of benzene rings is 1. The molecule has 20 heavy (non-hydrogen) atoms. The molecule has 0 fully saturated rings. The fraction of sp³-hybridized carbons (Fsp3) is 0.250. The highest BCUT2D eigenvalue weighted by Gasteiger charge is 2.11. The monoisotopic (exact) mass is 282 g/mol. The third kappa shape index (κ3) is 4.48. The second-order valence-electron chi connectivity index (χ2n) is 3.65. The van der Waals surface area contributed by atoms with Crippen LogP contribution in [0.15, 0.2) is 18.2 Å². The molecular weight excluding hydrogens is 268 g/mol. The minimum absolute atomic E-state index is 0.0244. The average Bonchev–Trinajstić information content (AvgIpc) is 2.39. The van der Waals surface area contributed by atoms with Crippen LogP contribution in [0.4, 0.5) is 10.5 Å². The smallest absolute Gasteiger partial charge is 0.335 e. The molecule has 0 heterocycles. The zero-order chi connectivity index (χ0) is 15.1. The second kappa shape index (κ2) is 6.98. The number of aromatic hydroxyl groups is 1. The number of urea groups is 1. The average molecular weight is 282 g/mol. The van der Waals surface area contributed by atoms with Gasteiger partial charge >= 0.3 is 18.0 Å². The Labute approximate surface area is 114 Å². The van der Waals surface area contributed by atoms with E-state index in [9.17, 15) is 19.5 Å². The Kier molecular flexibility index (Phi) is 5.33. The molecule has 108 valence electrons. The molecule has 0 aromatic heterocycles. The number of nitrogens with one attached hydrogen (secondary N) is 2. The third-order valence-electron chi connectivity index (χ3n) is 2.19. The maximum atomic E-state index is 11.4. The molecule has 0 unspecified atom stereocenters. The van der Waals surface area contributed by atoms with Crippen molar-refractivity contribution in [3.8, 4) is 5.75 Å². The Hall–Kier alpha value is -2.77. The number of rotatable bonds is 5. The molecule has 0 aliphatic heterocycles. The molecule has 0 bridgehead atoms. The van der Waals surface area contributed by atoms with Crippen LogP contribution in [0.2, 0.25) is 0 Å². The number of anilines is 1. The van der Waals surface area contributed by atoms with Crippen LogP contribution in [0.5, 0.6) is 5.75 Å². The Morgan fingerprint density at radius 2 is 2.00 bits per heavy atom. The first-order valence-corrected chi connectivity index (χ1v) is 5.70. The van der Waals surface area contributed by atoms with Crippen molar-refractivity contribution in [1.29, 1.82) is 0 Å². The molecule has 0 spiro atoms. The van der Waals surface area contributed by atoms with Gasteiger partial charge < -0.3 is 25.6 Å². The number of hydrogen-bond donors (Lipinski definition) is 4. The number of carboxylic acid groups (broad SMARTS) is 1. The van der Waals surface area contributed by atoms with Crippen molar-refractivity contribution in [2.45, 2.75) is 6.92 Å². The zero-order valence-corrected chi connectivity index (χ0v) is 10.7. The molecule has 0 saturated heterocycles. The van der Waals surface area contributed by atoms with Crippen LogP contribution in [0, 0.1) is 0 Å². The van der Waals surface area contributed by atoms with Crippen molar-refractivity contribution in [2.24, 2.45) is 0 Å². The van der Waals surface area contributed by atoms with Gasteiger partial charge in [0, 0.05) is 0 Å². The van der Waals surface area contributed by atoms with E-state index in [1.807, 2.05) is 0 Å². The minimum Gasteiger partial charge on any atom is -0.506 e. The largest absolute Gasteiger partial charge is 0.506 e. The van der Waals surface area contributed by atoms with Gasteiger partial charge in [-0.25, -0.2) is 9.59 Å². The van der Waals surface area contributed by atoms with Gasteiger partial charge in [-0.2, -0.15) is 0 Å². The van der Waals surface area contributed by atoms with E-state index < -0.39 is 23.7 Å². The quantitative estimate of drug-likeness (QED) is 0.467. The highest BCUT2D eigenvalue weighted by molar-refractivity contribution is 5.94. The van der Waals surface area contributed by atoms with Crippen LogP contribution in [0.1, 0.15) is 17.3 Å². The fourth-order valence-corrected chi connectivity index (χ4v) is 1.30. The van der Waals surface area contributed by atoms with E-state index in [1.54, 1.807) is 6.92 Å². The predicted molar refractivity (Wildman–Crippen MR) is 68.7 cm³/mol. The van der Waals surface area contributed by atoms with Gasteiger partial charge in [-0.05, 0) is 25.1 Å². The van der Waals surface area contributed by atoms with Gasteiger partial charge in [0.1, 0.15) is 12.3 Å². The molecule has 4 N–H and O–H groups in total. The Balaban J connectivity index is 2.58. The summed E-state index contributed by atoms with van der Waals surface area (Å²) in [6, 6.07) is 2.74. The zero-order valence-electron chi connectivity index (χ0n) is 10.7. The first-order valence-electron chi connectivity index (χ1n) is 5.70. The molecule has 2 amide bonds. The van der Waals surface area contributed by atoms with Crippen molar-refractivity contribution in [3.63, 3.8) is 0 Å². The summed E-state index contributed by atoms with van der Waals surface area (Å²) in [4.78, 5) is 33.1. The van der Waals surface area contributed by atoms with Gasteiger partial charge in [-0.15, -0.1) is 0 Å². The van der Waals surface area contributed by atoms with E-state index in [4.69, 9.17) is 5.11 Å². The molecule has 8 heteroatoms. The first-order chi connectivity index (χ1) is 9.43. The van der Waals surface area contributed by atoms with Crippen LogP contribution in [-0.4, -0.2) is 41.3 Å². The van der Waals surface area contributed by atoms with E-state index in [2.05, 4.69) is 15.4 Å². The number of phenolic OH excluding ortho intramolecular Hbond substituents is 1. The number of carbonyl (C=O) groups excluding carboxylic acids is 2. The van der Waals surface area contributed by atoms with Gasteiger partial charge in [0.2, 0.25) is 0 Å². The molecule has 0 saturated carbocycles. The summed E-state index contributed by atoms with van der Waals surface area (Å²) in [5.41, 5.74) is -0.0867. The number of hydrogen-bond acceptors (Lipinski definition) is 5. The topological polar surface area (TPSA) is 125 Å². The van der Waals surface area contributed by atoms with Gasteiger partial charge in [0.25, 0.3) is 0 Å². The van der Waals surface area contributed by atoms with E-state index >= 15 is 0 Å². The Morgan fingerprint density at radius 3 is 2.55 bits per heavy atom. The maximum absolute atomic E-state index is 11.4. The van der Waals surface area contributed by atoms with Crippen molar-refractivity contribution < 1.29 is 29.3 Å². The summed E-state index contributed by atoms with van der Waals surface area (Å²) in [6.45, 7) is 1.53. The minimum atomic E-state index is -1.20. The molecule has 8 nitrogen and oxygen atoms in total. The van der Waals surface area contributed by atoms with Gasteiger partial charge in [-0.1, -0.05) is 0 Å². The summed E-state index contributed by atoms with van der Waals surface area (Å²) in [6.07, 6.45) is 0. The molecule has 1 aromatic rings. The highest BCUT2D eigenvalue weighted by atomic mass is 16.5. The number of esters is 1. The summed E-state index contributed by atoms with van der Waals surface area (Å²) >= 11 is 0. The van der Waals surface area contributed by atoms with E-state index in [0.29, 0.717) is 0 Å². The van der Waals surface area contributed by atoms with E-state index in [1.165, 1.54) is 12.1 Å². The second-order valence-corrected chi connectivity index (χ2v) is 3.65. The lowest BCUT2D eigenvalue weighted by Gasteiger charge is -2.09. The summed E-state index contributed by atoms with van der Waals surface area (Å²) < 4.78 is 4.61. The Morgan fingerprint density at radius 1 is 1.30 bits per heavy atom. The number of amides is 2. The lowest BCUT2D eigenvalue weighted by Crippen LogP contribution is -2.34. The summed E-state index contributed by atoms with van der Waals surface area (Å²) in [7, 11) is 0. The molecule has 0 aliphatic rings. The molecular formula is C12H14N2O6. The molecule has 0 atom stereocenters. The molecule has 0 radical (unpaired) electrons. The van der Waals surface area contributed by atoms with Crippen LogP contribution < -0.4 is 10.6 Å². The van der Waals surface area contributed by atoms with Crippen molar-refractivity contribution in [2.75, 3.05) is 18.5 Å². The SMILES string of the molecule is CCOC(=O)CNC(=O)Nc1ccc(C(=O)O)cc1O. The number of carbonyl (C=O) groups is 3. The number of aromatic carboxylic acids is 1. The fourth-order valence-electron chi connectivity index (χ4n) is 1.30. The number of ether oxygens (including phenoxy) is 1. The lowest BCUT2D eigenvalue weighted by atomic mass is 10.2. The van der Waals surface area contributed by atoms with Gasteiger partial charge in [-0.3, -0.25) is 4.79 Å². The van der Waals surface area contributed by atoms with Crippen molar-refractivity contribution >= 4 is 23.7 Å². The predicted octanol–water partition coefficient (Wildman–Crippen LogP) is 0.775.